The third-order valence-electron chi connectivity index (χ3n) is 2.48. The number of carbonyl (C=O) groups is 1. The van der Waals surface area contributed by atoms with Crippen LogP contribution in [0.25, 0.3) is 0 Å². The molecule has 0 fully saturated rings. The molecule has 0 aromatic rings. The summed E-state index contributed by atoms with van der Waals surface area (Å²) in [5.41, 5.74) is 3.82. The van der Waals surface area contributed by atoms with Crippen LogP contribution < -0.4 is 0 Å². The van der Waals surface area contributed by atoms with Gasteiger partial charge in [0.25, 0.3) is 0 Å². The van der Waals surface area contributed by atoms with Gasteiger partial charge in [0.15, 0.2) is 0 Å². The SMILES string of the molecule is CC(C)=CCC/C(C)=C/CC/C(C)=C/C(=O)Cl. The summed E-state index contributed by atoms with van der Waals surface area (Å²) in [4.78, 5) is 10.6. The zero-order valence-electron chi connectivity index (χ0n) is 11.3. The Balaban J connectivity index is 3.92. The maximum Gasteiger partial charge on any atom is 0.245 e. The Hall–Kier alpha value is -0.820. The quantitative estimate of drug-likeness (QED) is 0.348. The topological polar surface area (TPSA) is 17.1 Å². The van der Waals surface area contributed by atoms with Gasteiger partial charge in [0.1, 0.15) is 0 Å². The van der Waals surface area contributed by atoms with Gasteiger partial charge >= 0.3 is 0 Å². The number of carbonyl (C=O) groups excluding carboxylic acids is 1. The van der Waals surface area contributed by atoms with Crippen molar-refractivity contribution in [2.24, 2.45) is 0 Å². The molecule has 0 aromatic carbocycles. The maximum absolute atomic E-state index is 10.6. The summed E-state index contributed by atoms with van der Waals surface area (Å²) < 4.78 is 0. The summed E-state index contributed by atoms with van der Waals surface area (Å²) in [6.45, 7) is 8.34. The predicted octanol–water partition coefficient (Wildman–Crippen LogP) is 5.17. The monoisotopic (exact) mass is 254 g/mol. The highest BCUT2D eigenvalue weighted by molar-refractivity contribution is 6.66. The minimum atomic E-state index is -0.383. The standard InChI is InChI=1S/C15H23ClO/c1-12(2)7-5-8-13(3)9-6-10-14(4)11-15(16)17/h7,9,11H,5-6,8,10H2,1-4H3/b13-9+,14-11+. The molecule has 0 saturated carbocycles. The fourth-order valence-electron chi connectivity index (χ4n) is 1.50. The lowest BCUT2D eigenvalue weighted by atomic mass is 10.1. The average Bonchev–Trinajstić information content (AvgIpc) is 2.15. The van der Waals surface area contributed by atoms with Crippen LogP contribution in [0.2, 0.25) is 0 Å². The van der Waals surface area contributed by atoms with Crippen molar-refractivity contribution in [2.75, 3.05) is 0 Å². The van der Waals surface area contributed by atoms with Gasteiger partial charge in [0, 0.05) is 0 Å². The highest BCUT2D eigenvalue weighted by atomic mass is 35.5. The van der Waals surface area contributed by atoms with E-state index < -0.39 is 0 Å². The van der Waals surface area contributed by atoms with Gasteiger partial charge in [-0.25, -0.2) is 0 Å². The van der Waals surface area contributed by atoms with Gasteiger partial charge in [-0.1, -0.05) is 28.9 Å². The van der Waals surface area contributed by atoms with Gasteiger partial charge in [-0.05, 0) is 71.1 Å². The molecular weight excluding hydrogens is 232 g/mol. The Kier molecular flexibility index (Phi) is 8.79. The molecule has 0 N–H and O–H groups in total. The van der Waals surface area contributed by atoms with Crippen molar-refractivity contribution < 1.29 is 4.79 Å². The number of hydrogen-bond acceptors (Lipinski definition) is 1. The van der Waals surface area contributed by atoms with E-state index in [9.17, 15) is 4.79 Å². The van der Waals surface area contributed by atoms with Crippen LogP contribution in [0.3, 0.4) is 0 Å². The average molecular weight is 255 g/mol. The Labute approximate surface area is 110 Å². The van der Waals surface area contributed by atoms with Crippen molar-refractivity contribution >= 4 is 16.8 Å². The highest BCUT2D eigenvalue weighted by Crippen LogP contribution is 2.11. The molecule has 0 saturated heterocycles. The third kappa shape index (κ3) is 11.4. The third-order valence-corrected chi connectivity index (χ3v) is 2.59. The highest BCUT2D eigenvalue weighted by Gasteiger charge is 1.94. The lowest BCUT2D eigenvalue weighted by Gasteiger charge is -2.00. The largest absolute Gasteiger partial charge is 0.276 e. The van der Waals surface area contributed by atoms with Gasteiger partial charge in [-0.3, -0.25) is 4.79 Å². The lowest BCUT2D eigenvalue weighted by Crippen LogP contribution is -1.83. The molecule has 0 rings (SSSR count). The molecule has 0 spiro atoms. The first-order valence-electron chi connectivity index (χ1n) is 6.07. The van der Waals surface area contributed by atoms with E-state index in [1.54, 1.807) is 0 Å². The Morgan fingerprint density at radius 3 is 2.00 bits per heavy atom. The molecule has 0 radical (unpaired) electrons. The van der Waals surface area contributed by atoms with Crippen molar-refractivity contribution in [1.82, 2.24) is 0 Å². The van der Waals surface area contributed by atoms with Crippen molar-refractivity contribution in [3.05, 3.63) is 34.9 Å². The molecule has 0 unspecified atom stereocenters. The molecule has 1 nitrogen and oxygen atoms in total. The van der Waals surface area contributed by atoms with Crippen LogP contribution in [0.4, 0.5) is 0 Å². The predicted molar refractivity (Wildman–Crippen MR) is 76.3 cm³/mol. The first-order chi connectivity index (χ1) is 7.91. The summed E-state index contributed by atoms with van der Waals surface area (Å²) in [6, 6.07) is 0. The molecule has 17 heavy (non-hydrogen) atoms. The molecule has 0 amide bonds. The second-order valence-corrected chi connectivity index (χ2v) is 5.08. The van der Waals surface area contributed by atoms with E-state index in [2.05, 4.69) is 32.9 Å². The lowest BCUT2D eigenvalue weighted by molar-refractivity contribution is -0.107. The van der Waals surface area contributed by atoms with E-state index in [0.717, 1.165) is 31.3 Å². The Morgan fingerprint density at radius 2 is 1.47 bits per heavy atom. The number of rotatable bonds is 7. The van der Waals surface area contributed by atoms with E-state index in [1.807, 2.05) is 6.92 Å². The minimum absolute atomic E-state index is 0.383. The molecule has 0 aliphatic carbocycles. The van der Waals surface area contributed by atoms with E-state index in [0.29, 0.717) is 0 Å². The summed E-state index contributed by atoms with van der Waals surface area (Å²) in [5.74, 6) is 0. The van der Waals surface area contributed by atoms with Gasteiger partial charge in [-0.15, -0.1) is 0 Å². The van der Waals surface area contributed by atoms with Crippen LogP contribution in [-0.4, -0.2) is 5.24 Å². The summed E-state index contributed by atoms with van der Waals surface area (Å²) in [7, 11) is 0. The molecule has 2 heteroatoms. The zero-order valence-corrected chi connectivity index (χ0v) is 12.1. The molecule has 0 atom stereocenters. The van der Waals surface area contributed by atoms with Crippen molar-refractivity contribution in [2.45, 2.75) is 53.4 Å². The van der Waals surface area contributed by atoms with Crippen LogP contribution in [0.15, 0.2) is 34.9 Å². The molecule has 0 aliphatic heterocycles. The number of halogens is 1. The van der Waals surface area contributed by atoms with Crippen molar-refractivity contribution in [3.63, 3.8) is 0 Å². The normalized spacial score (nSPS) is 12.5. The minimum Gasteiger partial charge on any atom is -0.276 e. The fraction of sp³-hybridized carbons (Fsp3) is 0.533. The Bertz CT molecular complexity index is 331. The van der Waals surface area contributed by atoms with Crippen molar-refractivity contribution in [1.29, 1.82) is 0 Å². The summed E-state index contributed by atoms with van der Waals surface area (Å²) in [6.07, 6.45) is 10.1. The number of hydrogen-bond donors (Lipinski definition) is 0. The van der Waals surface area contributed by atoms with Gasteiger partial charge in [0.05, 0.1) is 0 Å². The first kappa shape index (κ1) is 16.2. The summed E-state index contributed by atoms with van der Waals surface area (Å²) >= 11 is 5.28. The second-order valence-electron chi connectivity index (χ2n) is 4.70. The molecule has 0 bridgehead atoms. The molecule has 0 heterocycles. The molecular formula is C15H23ClO. The summed E-state index contributed by atoms with van der Waals surface area (Å²) in [5, 5.41) is -0.383. The van der Waals surface area contributed by atoms with E-state index in [-0.39, 0.29) is 5.24 Å². The second kappa shape index (κ2) is 9.23. The van der Waals surface area contributed by atoms with Gasteiger partial charge in [-0.2, -0.15) is 0 Å². The van der Waals surface area contributed by atoms with Crippen LogP contribution in [-0.2, 0) is 4.79 Å². The van der Waals surface area contributed by atoms with Crippen LogP contribution in [0.1, 0.15) is 53.4 Å². The number of allylic oxidation sites excluding steroid dienone is 6. The molecule has 96 valence electrons. The molecule has 0 aliphatic rings. The van der Waals surface area contributed by atoms with Crippen LogP contribution >= 0.6 is 11.6 Å². The van der Waals surface area contributed by atoms with E-state index in [1.165, 1.54) is 17.2 Å². The van der Waals surface area contributed by atoms with Gasteiger partial charge < -0.3 is 0 Å². The van der Waals surface area contributed by atoms with E-state index in [4.69, 9.17) is 11.6 Å². The first-order valence-corrected chi connectivity index (χ1v) is 6.45. The van der Waals surface area contributed by atoms with Crippen LogP contribution in [0, 0.1) is 0 Å². The molecule has 0 aromatic heterocycles. The van der Waals surface area contributed by atoms with Gasteiger partial charge in [0.2, 0.25) is 5.24 Å². The Morgan fingerprint density at radius 1 is 0.941 bits per heavy atom. The zero-order chi connectivity index (χ0) is 13.3. The van der Waals surface area contributed by atoms with Crippen LogP contribution in [0.5, 0.6) is 0 Å². The van der Waals surface area contributed by atoms with Crippen molar-refractivity contribution in [3.8, 4) is 0 Å². The van der Waals surface area contributed by atoms with E-state index >= 15 is 0 Å². The smallest absolute Gasteiger partial charge is 0.245 e. The fourth-order valence-corrected chi connectivity index (χ4v) is 1.69. The maximum atomic E-state index is 10.6.